The standard InChI is InChI=1S/C17H27NO3/c1-3-11-19-14-5-7-15(8-6-14)20-13-17-10-9-16(21-17)12-18-4-2/h5-8,16-18H,3-4,9-13H2,1-2H3. The van der Waals surface area contributed by atoms with Crippen molar-refractivity contribution < 1.29 is 14.2 Å². The Balaban J connectivity index is 1.68. The lowest BCUT2D eigenvalue weighted by atomic mass is 10.2. The topological polar surface area (TPSA) is 39.7 Å². The number of likely N-dealkylation sites (N-methyl/N-ethyl adjacent to an activating group) is 1. The van der Waals surface area contributed by atoms with E-state index in [9.17, 15) is 0 Å². The minimum Gasteiger partial charge on any atom is -0.494 e. The van der Waals surface area contributed by atoms with Crippen molar-refractivity contribution in [1.82, 2.24) is 5.32 Å². The SMILES string of the molecule is CCCOc1ccc(OCC2CCC(CNCC)O2)cc1. The van der Waals surface area contributed by atoms with Gasteiger partial charge in [-0.1, -0.05) is 13.8 Å². The fourth-order valence-corrected chi connectivity index (χ4v) is 2.40. The molecule has 1 aromatic carbocycles. The zero-order valence-electron chi connectivity index (χ0n) is 13.1. The van der Waals surface area contributed by atoms with Crippen molar-refractivity contribution in [3.8, 4) is 11.5 Å². The van der Waals surface area contributed by atoms with Gasteiger partial charge in [0.05, 0.1) is 18.8 Å². The van der Waals surface area contributed by atoms with Gasteiger partial charge in [0.15, 0.2) is 0 Å². The maximum absolute atomic E-state index is 5.95. The van der Waals surface area contributed by atoms with Crippen LogP contribution in [0.1, 0.15) is 33.1 Å². The van der Waals surface area contributed by atoms with E-state index in [1.54, 1.807) is 0 Å². The molecule has 0 amide bonds. The van der Waals surface area contributed by atoms with Gasteiger partial charge in [-0.05, 0) is 50.1 Å². The first-order valence-electron chi connectivity index (χ1n) is 8.03. The summed E-state index contributed by atoms with van der Waals surface area (Å²) >= 11 is 0. The molecule has 1 aromatic rings. The molecule has 2 atom stereocenters. The lowest BCUT2D eigenvalue weighted by molar-refractivity contribution is 0.0188. The summed E-state index contributed by atoms with van der Waals surface area (Å²) in [6, 6.07) is 7.81. The van der Waals surface area contributed by atoms with Crippen LogP contribution in [0.25, 0.3) is 0 Å². The van der Waals surface area contributed by atoms with Crippen LogP contribution in [0.5, 0.6) is 11.5 Å². The van der Waals surface area contributed by atoms with E-state index in [1.165, 1.54) is 0 Å². The maximum atomic E-state index is 5.95. The molecule has 0 aromatic heterocycles. The third-order valence-electron chi connectivity index (χ3n) is 3.55. The summed E-state index contributed by atoms with van der Waals surface area (Å²) < 4.78 is 17.3. The second kappa shape index (κ2) is 8.90. The molecule has 1 aliphatic heterocycles. The number of hydrogen-bond acceptors (Lipinski definition) is 4. The molecular weight excluding hydrogens is 266 g/mol. The molecule has 1 saturated heterocycles. The molecule has 4 heteroatoms. The van der Waals surface area contributed by atoms with E-state index in [-0.39, 0.29) is 6.10 Å². The second-order valence-electron chi connectivity index (χ2n) is 5.40. The summed E-state index contributed by atoms with van der Waals surface area (Å²) in [4.78, 5) is 0. The first kappa shape index (κ1) is 16.1. The van der Waals surface area contributed by atoms with Crippen molar-refractivity contribution >= 4 is 0 Å². The molecule has 118 valence electrons. The molecule has 1 fully saturated rings. The Morgan fingerprint density at radius 2 is 1.71 bits per heavy atom. The second-order valence-corrected chi connectivity index (χ2v) is 5.40. The van der Waals surface area contributed by atoms with E-state index in [1.807, 2.05) is 24.3 Å². The van der Waals surface area contributed by atoms with Gasteiger partial charge in [0.2, 0.25) is 0 Å². The van der Waals surface area contributed by atoms with E-state index in [0.29, 0.717) is 12.7 Å². The summed E-state index contributed by atoms with van der Waals surface area (Å²) in [7, 11) is 0. The van der Waals surface area contributed by atoms with Gasteiger partial charge in [-0.15, -0.1) is 0 Å². The molecule has 0 spiro atoms. The quantitative estimate of drug-likeness (QED) is 0.760. The Kier molecular flexibility index (Phi) is 6.83. The number of rotatable bonds is 9. The predicted molar refractivity (Wildman–Crippen MR) is 84.2 cm³/mol. The van der Waals surface area contributed by atoms with Crippen molar-refractivity contribution in [3.63, 3.8) is 0 Å². The zero-order chi connectivity index (χ0) is 14.9. The zero-order valence-corrected chi connectivity index (χ0v) is 13.1. The van der Waals surface area contributed by atoms with Crippen LogP contribution in [-0.2, 0) is 4.74 Å². The number of benzene rings is 1. The van der Waals surface area contributed by atoms with Crippen LogP contribution in [0.15, 0.2) is 24.3 Å². The van der Waals surface area contributed by atoms with Gasteiger partial charge >= 0.3 is 0 Å². The highest BCUT2D eigenvalue weighted by molar-refractivity contribution is 5.31. The monoisotopic (exact) mass is 293 g/mol. The van der Waals surface area contributed by atoms with Crippen molar-refractivity contribution in [2.75, 3.05) is 26.3 Å². The molecule has 0 radical (unpaired) electrons. The van der Waals surface area contributed by atoms with Gasteiger partial charge in [0.1, 0.15) is 18.1 Å². The molecule has 2 unspecified atom stereocenters. The molecule has 1 aliphatic rings. The molecule has 0 bridgehead atoms. The molecule has 0 saturated carbocycles. The van der Waals surface area contributed by atoms with Gasteiger partial charge in [-0.2, -0.15) is 0 Å². The van der Waals surface area contributed by atoms with Crippen LogP contribution in [0, 0.1) is 0 Å². The van der Waals surface area contributed by atoms with Gasteiger partial charge < -0.3 is 19.5 Å². The van der Waals surface area contributed by atoms with Crippen molar-refractivity contribution in [2.45, 2.75) is 45.3 Å². The largest absolute Gasteiger partial charge is 0.494 e. The van der Waals surface area contributed by atoms with Crippen LogP contribution in [0.3, 0.4) is 0 Å². The summed E-state index contributed by atoms with van der Waals surface area (Å²) in [5.41, 5.74) is 0. The summed E-state index contributed by atoms with van der Waals surface area (Å²) in [5.74, 6) is 1.77. The average molecular weight is 293 g/mol. The molecular formula is C17H27NO3. The minimum absolute atomic E-state index is 0.213. The molecule has 21 heavy (non-hydrogen) atoms. The van der Waals surface area contributed by atoms with E-state index in [4.69, 9.17) is 14.2 Å². The minimum atomic E-state index is 0.213. The van der Waals surface area contributed by atoms with Gasteiger partial charge in [-0.25, -0.2) is 0 Å². The number of nitrogens with one attached hydrogen (secondary N) is 1. The van der Waals surface area contributed by atoms with E-state index < -0.39 is 0 Å². The first-order chi connectivity index (χ1) is 10.3. The van der Waals surface area contributed by atoms with Gasteiger partial charge in [0.25, 0.3) is 0 Å². The Bertz CT molecular complexity index is 394. The van der Waals surface area contributed by atoms with Crippen molar-refractivity contribution in [1.29, 1.82) is 0 Å². The highest BCUT2D eigenvalue weighted by Gasteiger charge is 2.25. The summed E-state index contributed by atoms with van der Waals surface area (Å²) in [5, 5.41) is 3.33. The van der Waals surface area contributed by atoms with Crippen LogP contribution in [0.4, 0.5) is 0 Å². The summed E-state index contributed by atoms with van der Waals surface area (Å²) in [6.45, 7) is 7.52. The average Bonchev–Trinajstić information content (AvgIpc) is 2.98. The lowest BCUT2D eigenvalue weighted by Crippen LogP contribution is -2.28. The predicted octanol–water partition coefficient (Wildman–Crippen LogP) is 3.01. The van der Waals surface area contributed by atoms with Crippen LogP contribution >= 0.6 is 0 Å². The lowest BCUT2D eigenvalue weighted by Gasteiger charge is -2.15. The maximum Gasteiger partial charge on any atom is 0.119 e. The fraction of sp³-hybridized carbons (Fsp3) is 0.647. The highest BCUT2D eigenvalue weighted by Crippen LogP contribution is 2.22. The van der Waals surface area contributed by atoms with Crippen molar-refractivity contribution in [2.24, 2.45) is 0 Å². The first-order valence-corrected chi connectivity index (χ1v) is 8.03. The smallest absolute Gasteiger partial charge is 0.119 e. The third kappa shape index (κ3) is 5.56. The highest BCUT2D eigenvalue weighted by atomic mass is 16.5. The van der Waals surface area contributed by atoms with Crippen LogP contribution in [-0.4, -0.2) is 38.5 Å². The Morgan fingerprint density at radius 3 is 2.38 bits per heavy atom. The molecule has 1 N–H and O–H groups in total. The Morgan fingerprint density at radius 1 is 1.05 bits per heavy atom. The van der Waals surface area contributed by atoms with Crippen molar-refractivity contribution in [3.05, 3.63) is 24.3 Å². The third-order valence-corrected chi connectivity index (χ3v) is 3.55. The Hall–Kier alpha value is -1.26. The number of ether oxygens (including phenoxy) is 3. The molecule has 4 nitrogen and oxygen atoms in total. The van der Waals surface area contributed by atoms with Gasteiger partial charge in [0, 0.05) is 6.54 Å². The normalized spacial score (nSPS) is 21.4. The van der Waals surface area contributed by atoms with E-state index in [2.05, 4.69) is 19.2 Å². The molecule has 1 heterocycles. The summed E-state index contributed by atoms with van der Waals surface area (Å²) in [6.07, 6.45) is 3.76. The molecule has 0 aliphatic carbocycles. The van der Waals surface area contributed by atoms with E-state index >= 15 is 0 Å². The van der Waals surface area contributed by atoms with Gasteiger partial charge in [-0.3, -0.25) is 0 Å². The fourth-order valence-electron chi connectivity index (χ4n) is 2.40. The number of hydrogen-bond donors (Lipinski definition) is 1. The Labute approximate surface area is 127 Å². The van der Waals surface area contributed by atoms with Crippen LogP contribution in [0.2, 0.25) is 0 Å². The van der Waals surface area contributed by atoms with E-state index in [0.717, 1.165) is 50.5 Å². The molecule has 2 rings (SSSR count). The van der Waals surface area contributed by atoms with Crippen LogP contribution < -0.4 is 14.8 Å².